The van der Waals surface area contributed by atoms with Crippen LogP contribution in [0.3, 0.4) is 0 Å². The molecule has 1 rings (SSSR count). The first-order chi connectivity index (χ1) is 8.93. The molecule has 0 heterocycles. The first-order valence-electron chi connectivity index (χ1n) is 8.22. The third kappa shape index (κ3) is 8.55. The van der Waals surface area contributed by atoms with Crippen molar-refractivity contribution in [3.63, 3.8) is 0 Å². The van der Waals surface area contributed by atoms with Crippen molar-refractivity contribution in [1.82, 2.24) is 0 Å². The second kappa shape index (κ2) is 11.6. The summed E-state index contributed by atoms with van der Waals surface area (Å²) < 4.78 is 0. The molecule has 0 fully saturated rings. The van der Waals surface area contributed by atoms with Crippen molar-refractivity contribution in [3.8, 4) is 0 Å². The van der Waals surface area contributed by atoms with E-state index in [1.807, 2.05) is 6.08 Å². The van der Waals surface area contributed by atoms with Gasteiger partial charge in [0.25, 0.3) is 0 Å². The molecule has 0 aromatic heterocycles. The van der Waals surface area contributed by atoms with Crippen molar-refractivity contribution in [2.45, 2.75) is 89.9 Å². The molecule has 0 nitrogen and oxygen atoms in total. The van der Waals surface area contributed by atoms with Crippen LogP contribution in [0, 0.1) is 0 Å². The highest BCUT2D eigenvalue weighted by Gasteiger charge is 2.02. The van der Waals surface area contributed by atoms with Crippen LogP contribution in [0.15, 0.2) is 24.3 Å². The summed E-state index contributed by atoms with van der Waals surface area (Å²) in [6, 6.07) is 0. The molecule has 0 spiro atoms. The summed E-state index contributed by atoms with van der Waals surface area (Å²) in [5, 5.41) is 0. The zero-order chi connectivity index (χ0) is 12.9. The van der Waals surface area contributed by atoms with Gasteiger partial charge >= 0.3 is 0 Å². The fraction of sp³-hybridized carbons (Fsp3) is 0.778. The van der Waals surface area contributed by atoms with Gasteiger partial charge in [-0.1, -0.05) is 56.3 Å². The Labute approximate surface area is 115 Å². The highest BCUT2D eigenvalue weighted by atomic mass is 14.1. The molecular formula is C18H32. The number of rotatable bonds is 11. The van der Waals surface area contributed by atoms with Crippen molar-refractivity contribution >= 4 is 0 Å². The fourth-order valence-corrected chi connectivity index (χ4v) is 2.83. The van der Waals surface area contributed by atoms with Crippen molar-refractivity contribution < 1.29 is 0 Å². The van der Waals surface area contributed by atoms with E-state index >= 15 is 0 Å². The predicted octanol–water partition coefficient (Wildman–Crippen LogP) is 6.57. The first kappa shape index (κ1) is 15.5. The van der Waals surface area contributed by atoms with E-state index in [2.05, 4.69) is 12.7 Å². The normalized spacial score (nSPS) is 15.4. The number of hydrogen-bond donors (Lipinski definition) is 0. The third-order valence-electron chi connectivity index (χ3n) is 4.04. The largest absolute Gasteiger partial charge is 0.103 e. The van der Waals surface area contributed by atoms with E-state index in [-0.39, 0.29) is 0 Å². The lowest BCUT2D eigenvalue weighted by atomic mass is 9.95. The van der Waals surface area contributed by atoms with Gasteiger partial charge in [-0.05, 0) is 51.4 Å². The number of unbranched alkanes of at least 4 members (excludes halogenated alkanes) is 8. The Balaban J connectivity index is 1.78. The summed E-state index contributed by atoms with van der Waals surface area (Å²) in [4.78, 5) is 0. The van der Waals surface area contributed by atoms with Gasteiger partial charge in [0.1, 0.15) is 0 Å². The van der Waals surface area contributed by atoms with E-state index in [4.69, 9.17) is 0 Å². The van der Waals surface area contributed by atoms with Gasteiger partial charge in [0.15, 0.2) is 0 Å². The van der Waals surface area contributed by atoms with Crippen LogP contribution in [-0.4, -0.2) is 0 Å². The minimum Gasteiger partial charge on any atom is -0.103 e. The van der Waals surface area contributed by atoms with Crippen LogP contribution in [0.4, 0.5) is 0 Å². The summed E-state index contributed by atoms with van der Waals surface area (Å²) >= 11 is 0. The molecule has 0 saturated carbocycles. The minimum atomic E-state index is 1.20. The molecule has 0 saturated heterocycles. The maximum Gasteiger partial charge on any atom is -0.0320 e. The highest BCUT2D eigenvalue weighted by Crippen LogP contribution is 2.22. The van der Waals surface area contributed by atoms with E-state index in [1.165, 1.54) is 89.9 Å². The van der Waals surface area contributed by atoms with E-state index in [9.17, 15) is 0 Å². The molecule has 0 aromatic carbocycles. The molecular weight excluding hydrogens is 216 g/mol. The van der Waals surface area contributed by atoms with Crippen molar-refractivity contribution in [2.24, 2.45) is 0 Å². The minimum absolute atomic E-state index is 1.20. The summed E-state index contributed by atoms with van der Waals surface area (Å²) in [7, 11) is 0. The molecule has 1 aliphatic carbocycles. The van der Waals surface area contributed by atoms with E-state index in [0.29, 0.717) is 0 Å². The van der Waals surface area contributed by atoms with Crippen LogP contribution in [0.2, 0.25) is 0 Å². The summed E-state index contributed by atoms with van der Waals surface area (Å²) in [5.41, 5.74) is 1.76. The van der Waals surface area contributed by atoms with E-state index in [1.54, 1.807) is 5.57 Å². The van der Waals surface area contributed by atoms with Gasteiger partial charge in [-0.15, -0.1) is 6.58 Å². The highest BCUT2D eigenvalue weighted by molar-refractivity contribution is 5.04. The molecule has 0 radical (unpaired) electrons. The lowest BCUT2D eigenvalue weighted by molar-refractivity contribution is 0.562. The molecule has 104 valence electrons. The zero-order valence-corrected chi connectivity index (χ0v) is 12.3. The Hall–Kier alpha value is -0.520. The van der Waals surface area contributed by atoms with Crippen molar-refractivity contribution in [2.75, 3.05) is 0 Å². The van der Waals surface area contributed by atoms with Gasteiger partial charge < -0.3 is 0 Å². The summed E-state index contributed by atoms with van der Waals surface area (Å²) in [5.74, 6) is 0. The first-order valence-corrected chi connectivity index (χ1v) is 8.22. The maximum atomic E-state index is 3.76. The number of allylic oxidation sites excluding steroid dienone is 3. The average molecular weight is 248 g/mol. The zero-order valence-electron chi connectivity index (χ0n) is 12.3. The van der Waals surface area contributed by atoms with Crippen LogP contribution in [0.5, 0.6) is 0 Å². The molecule has 1 aliphatic rings. The summed E-state index contributed by atoms with van der Waals surface area (Å²) in [6.07, 6.45) is 24.1. The second-order valence-electron chi connectivity index (χ2n) is 5.76. The molecule has 0 N–H and O–H groups in total. The van der Waals surface area contributed by atoms with Gasteiger partial charge in [0, 0.05) is 0 Å². The molecule has 0 aliphatic heterocycles. The lowest BCUT2D eigenvalue weighted by Crippen LogP contribution is -1.92. The monoisotopic (exact) mass is 248 g/mol. The van der Waals surface area contributed by atoms with Crippen LogP contribution in [0.1, 0.15) is 89.9 Å². The molecule has 0 bridgehead atoms. The average Bonchev–Trinajstić information content (AvgIpc) is 2.42. The second-order valence-corrected chi connectivity index (χ2v) is 5.76. The van der Waals surface area contributed by atoms with Crippen molar-refractivity contribution in [1.29, 1.82) is 0 Å². The Morgan fingerprint density at radius 2 is 1.56 bits per heavy atom. The van der Waals surface area contributed by atoms with Crippen LogP contribution in [0.25, 0.3) is 0 Å². The van der Waals surface area contributed by atoms with Gasteiger partial charge in [-0.25, -0.2) is 0 Å². The molecule has 0 heteroatoms. The number of hydrogen-bond acceptors (Lipinski definition) is 0. The quantitative estimate of drug-likeness (QED) is 0.286. The van der Waals surface area contributed by atoms with Gasteiger partial charge in [0.2, 0.25) is 0 Å². The lowest BCUT2D eigenvalue weighted by Gasteiger charge is -2.12. The van der Waals surface area contributed by atoms with E-state index in [0.717, 1.165) is 0 Å². The van der Waals surface area contributed by atoms with E-state index < -0.39 is 0 Å². The van der Waals surface area contributed by atoms with Gasteiger partial charge in [0.05, 0.1) is 0 Å². The molecule has 0 aromatic rings. The summed E-state index contributed by atoms with van der Waals surface area (Å²) in [6.45, 7) is 3.76. The Kier molecular flexibility index (Phi) is 9.98. The smallest absolute Gasteiger partial charge is 0.0320 e. The molecule has 0 unspecified atom stereocenters. The Morgan fingerprint density at radius 3 is 2.17 bits per heavy atom. The SMILES string of the molecule is C=CCCCCCCCCCCC1=CCCCC1. The standard InChI is InChI=1S/C18H32/c1-2-3-4-5-6-7-8-9-10-12-15-18-16-13-11-14-17-18/h2,16H,1,3-15,17H2. The van der Waals surface area contributed by atoms with Crippen molar-refractivity contribution in [3.05, 3.63) is 24.3 Å². The third-order valence-corrected chi connectivity index (χ3v) is 4.04. The predicted molar refractivity (Wildman–Crippen MR) is 82.9 cm³/mol. The Bertz CT molecular complexity index is 224. The topological polar surface area (TPSA) is 0 Å². The maximum absolute atomic E-state index is 3.76. The van der Waals surface area contributed by atoms with Gasteiger partial charge in [-0.2, -0.15) is 0 Å². The molecule has 18 heavy (non-hydrogen) atoms. The van der Waals surface area contributed by atoms with Crippen LogP contribution < -0.4 is 0 Å². The van der Waals surface area contributed by atoms with Crippen LogP contribution in [-0.2, 0) is 0 Å². The molecule has 0 amide bonds. The van der Waals surface area contributed by atoms with Crippen LogP contribution >= 0.6 is 0 Å². The van der Waals surface area contributed by atoms with Gasteiger partial charge in [-0.3, -0.25) is 0 Å². The Morgan fingerprint density at radius 1 is 0.889 bits per heavy atom. The fourth-order valence-electron chi connectivity index (χ4n) is 2.83. The molecule has 0 atom stereocenters.